The number of H-pyrrole nitrogens is 2. The Morgan fingerprint density at radius 2 is 1.75 bits per heavy atom. The van der Waals surface area contributed by atoms with E-state index in [0.29, 0.717) is 16.6 Å². The Morgan fingerprint density at radius 1 is 1.00 bits per heavy atom. The highest BCUT2D eigenvalue weighted by Crippen LogP contribution is 2.17. The number of imidazole rings is 1. The Bertz CT molecular complexity index is 859. The van der Waals surface area contributed by atoms with Crippen molar-refractivity contribution in [3.05, 3.63) is 63.8 Å². The summed E-state index contributed by atoms with van der Waals surface area (Å²) in [7, 11) is 0. The fourth-order valence-corrected chi connectivity index (χ4v) is 2.08. The van der Waals surface area contributed by atoms with Crippen LogP contribution in [0.25, 0.3) is 11.0 Å². The van der Waals surface area contributed by atoms with Gasteiger partial charge in [-0.25, -0.2) is 9.18 Å². The first-order valence-electron chi connectivity index (χ1n) is 5.86. The topological polar surface area (TPSA) is 91.7 Å². The molecule has 0 spiro atoms. The molecule has 6 heteroatoms. The lowest BCUT2D eigenvalue weighted by atomic mass is 10.0. The van der Waals surface area contributed by atoms with E-state index in [2.05, 4.69) is 9.97 Å². The first kappa shape index (κ1) is 12.2. The fourth-order valence-electron chi connectivity index (χ4n) is 2.08. The van der Waals surface area contributed by atoms with Crippen LogP contribution in [-0.4, -0.2) is 15.8 Å². The lowest BCUT2D eigenvalue weighted by Gasteiger charge is -2.03. The molecule has 3 aromatic rings. The molecule has 0 unspecified atom stereocenters. The predicted octanol–water partition coefficient (Wildman–Crippen LogP) is 1.81. The molecule has 0 aliphatic carbocycles. The van der Waals surface area contributed by atoms with Crippen molar-refractivity contribution in [1.82, 2.24) is 9.97 Å². The molecule has 0 atom stereocenters. The van der Waals surface area contributed by atoms with Crippen LogP contribution in [0, 0.1) is 5.82 Å². The van der Waals surface area contributed by atoms with Gasteiger partial charge in [-0.3, -0.25) is 4.79 Å². The summed E-state index contributed by atoms with van der Waals surface area (Å²) in [6.07, 6.45) is 0. The molecule has 4 N–H and O–H groups in total. The molecule has 3 rings (SSSR count). The lowest BCUT2D eigenvalue weighted by Crippen LogP contribution is -2.03. The van der Waals surface area contributed by atoms with Gasteiger partial charge in [0.1, 0.15) is 5.82 Å². The Morgan fingerprint density at radius 3 is 2.50 bits per heavy atom. The number of anilines is 1. The number of rotatable bonds is 2. The molecule has 0 bridgehead atoms. The number of halogens is 1. The Hall–Kier alpha value is -2.89. The van der Waals surface area contributed by atoms with Crippen molar-refractivity contribution in [2.45, 2.75) is 0 Å². The molecule has 1 heterocycles. The lowest BCUT2D eigenvalue weighted by molar-refractivity contribution is 0.103. The number of aromatic amines is 2. The van der Waals surface area contributed by atoms with Crippen LogP contribution in [0.3, 0.4) is 0 Å². The number of carbonyl (C=O) groups is 1. The van der Waals surface area contributed by atoms with Gasteiger partial charge in [-0.1, -0.05) is 0 Å². The molecule has 0 aliphatic rings. The van der Waals surface area contributed by atoms with E-state index in [4.69, 9.17) is 5.73 Å². The van der Waals surface area contributed by atoms with E-state index in [9.17, 15) is 14.0 Å². The minimum Gasteiger partial charge on any atom is -0.399 e. The van der Waals surface area contributed by atoms with Gasteiger partial charge in [-0.05, 0) is 36.4 Å². The van der Waals surface area contributed by atoms with Crippen LogP contribution in [0.15, 0.2) is 41.2 Å². The number of carbonyl (C=O) groups excluding carboxylic acids is 1. The number of aromatic nitrogens is 2. The standard InChI is InChI=1S/C14H10FN3O2/c15-9-3-8(4-10(16)6-9)13(19)7-1-2-11-12(5-7)18-14(20)17-11/h1-6H,16H2,(H2,17,18,20). The fraction of sp³-hybridized carbons (Fsp3) is 0. The predicted molar refractivity (Wildman–Crippen MR) is 73.2 cm³/mol. The third-order valence-electron chi connectivity index (χ3n) is 2.96. The number of nitrogen functional groups attached to an aromatic ring is 1. The van der Waals surface area contributed by atoms with Crippen LogP contribution in [0.4, 0.5) is 10.1 Å². The number of fused-ring (bicyclic) bond motifs is 1. The smallest absolute Gasteiger partial charge is 0.323 e. The molecule has 5 nitrogen and oxygen atoms in total. The van der Waals surface area contributed by atoms with Gasteiger partial charge < -0.3 is 15.7 Å². The van der Waals surface area contributed by atoms with Crippen molar-refractivity contribution >= 4 is 22.5 Å². The molecule has 0 amide bonds. The minimum absolute atomic E-state index is 0.166. The summed E-state index contributed by atoms with van der Waals surface area (Å²) in [5.41, 5.74) is 6.99. The molecule has 0 aliphatic heterocycles. The molecular formula is C14H10FN3O2. The Labute approximate surface area is 112 Å². The number of hydrogen-bond donors (Lipinski definition) is 3. The van der Waals surface area contributed by atoms with Crippen LogP contribution in [0.2, 0.25) is 0 Å². The van der Waals surface area contributed by atoms with Crippen LogP contribution >= 0.6 is 0 Å². The number of nitrogens with one attached hydrogen (secondary N) is 2. The Kier molecular flexibility index (Phi) is 2.64. The average Bonchev–Trinajstić information content (AvgIpc) is 2.75. The third kappa shape index (κ3) is 2.07. The monoisotopic (exact) mass is 271 g/mol. The SMILES string of the molecule is Nc1cc(F)cc(C(=O)c2ccc3[nH]c(=O)[nH]c3c2)c1. The van der Waals surface area contributed by atoms with Crippen LogP contribution < -0.4 is 11.4 Å². The summed E-state index contributed by atoms with van der Waals surface area (Å²) in [6.45, 7) is 0. The van der Waals surface area contributed by atoms with Crippen molar-refractivity contribution in [1.29, 1.82) is 0 Å². The second kappa shape index (κ2) is 4.34. The van der Waals surface area contributed by atoms with Crippen molar-refractivity contribution in [3.63, 3.8) is 0 Å². The van der Waals surface area contributed by atoms with Crippen molar-refractivity contribution in [2.24, 2.45) is 0 Å². The van der Waals surface area contributed by atoms with E-state index in [1.54, 1.807) is 12.1 Å². The molecule has 2 aromatic carbocycles. The zero-order chi connectivity index (χ0) is 14.3. The van der Waals surface area contributed by atoms with E-state index in [1.807, 2.05) is 0 Å². The van der Waals surface area contributed by atoms with Gasteiger partial charge in [0.2, 0.25) is 0 Å². The summed E-state index contributed by atoms with van der Waals surface area (Å²) >= 11 is 0. The minimum atomic E-state index is -0.565. The molecule has 20 heavy (non-hydrogen) atoms. The van der Waals surface area contributed by atoms with Crippen LogP contribution in [0.5, 0.6) is 0 Å². The van der Waals surface area contributed by atoms with Gasteiger partial charge >= 0.3 is 5.69 Å². The van der Waals surface area contributed by atoms with Gasteiger partial charge in [0.05, 0.1) is 11.0 Å². The third-order valence-corrected chi connectivity index (χ3v) is 2.96. The highest BCUT2D eigenvalue weighted by Gasteiger charge is 2.12. The quantitative estimate of drug-likeness (QED) is 0.490. The summed E-state index contributed by atoms with van der Waals surface area (Å²) in [5, 5.41) is 0. The molecule has 0 saturated heterocycles. The number of nitrogens with two attached hydrogens (primary N) is 1. The van der Waals surface area contributed by atoms with Gasteiger partial charge in [0.15, 0.2) is 5.78 Å². The van der Waals surface area contributed by atoms with E-state index in [0.717, 1.165) is 12.1 Å². The largest absolute Gasteiger partial charge is 0.399 e. The van der Waals surface area contributed by atoms with Crippen LogP contribution in [-0.2, 0) is 0 Å². The highest BCUT2D eigenvalue weighted by molar-refractivity contribution is 6.10. The van der Waals surface area contributed by atoms with Crippen molar-refractivity contribution < 1.29 is 9.18 Å². The molecule has 1 aromatic heterocycles. The van der Waals surface area contributed by atoms with Gasteiger partial charge in [-0.2, -0.15) is 0 Å². The summed E-state index contributed by atoms with van der Waals surface area (Å²) in [6, 6.07) is 8.40. The van der Waals surface area contributed by atoms with Crippen molar-refractivity contribution in [3.8, 4) is 0 Å². The van der Waals surface area contributed by atoms with Gasteiger partial charge in [0, 0.05) is 16.8 Å². The first-order valence-corrected chi connectivity index (χ1v) is 5.86. The second-order valence-corrected chi connectivity index (χ2v) is 4.44. The molecule has 0 saturated carbocycles. The van der Waals surface area contributed by atoms with E-state index >= 15 is 0 Å². The molecule has 0 fully saturated rings. The zero-order valence-corrected chi connectivity index (χ0v) is 10.2. The Balaban J connectivity index is 2.09. The maximum Gasteiger partial charge on any atom is 0.323 e. The first-order chi connectivity index (χ1) is 9.52. The van der Waals surface area contributed by atoms with E-state index < -0.39 is 5.82 Å². The molecular weight excluding hydrogens is 261 g/mol. The summed E-state index contributed by atoms with van der Waals surface area (Å²) < 4.78 is 13.3. The van der Waals surface area contributed by atoms with Crippen molar-refractivity contribution in [2.75, 3.05) is 5.73 Å². The summed E-state index contributed by atoms with van der Waals surface area (Å²) in [5.74, 6) is -0.926. The molecule has 0 radical (unpaired) electrons. The maximum absolute atomic E-state index is 13.3. The maximum atomic E-state index is 13.3. The number of ketones is 1. The van der Waals surface area contributed by atoms with Gasteiger partial charge in [-0.15, -0.1) is 0 Å². The number of benzene rings is 2. The summed E-state index contributed by atoms with van der Waals surface area (Å²) in [4.78, 5) is 28.6. The normalized spacial score (nSPS) is 10.8. The highest BCUT2D eigenvalue weighted by atomic mass is 19.1. The zero-order valence-electron chi connectivity index (χ0n) is 10.2. The van der Waals surface area contributed by atoms with Gasteiger partial charge in [0.25, 0.3) is 0 Å². The van der Waals surface area contributed by atoms with Crippen LogP contribution in [0.1, 0.15) is 15.9 Å². The van der Waals surface area contributed by atoms with E-state index in [-0.39, 0.29) is 22.7 Å². The average molecular weight is 271 g/mol. The van der Waals surface area contributed by atoms with E-state index in [1.165, 1.54) is 12.1 Å². The second-order valence-electron chi connectivity index (χ2n) is 4.44. The number of hydrogen-bond acceptors (Lipinski definition) is 3. The molecule has 100 valence electrons.